The maximum atomic E-state index is 11.7. The summed E-state index contributed by atoms with van der Waals surface area (Å²) in [5, 5.41) is 11.5. The van der Waals surface area contributed by atoms with Gasteiger partial charge in [-0.2, -0.15) is 0 Å². The minimum atomic E-state index is -1.04. The lowest BCUT2D eigenvalue weighted by Crippen LogP contribution is -2.25. The summed E-state index contributed by atoms with van der Waals surface area (Å²) in [4.78, 5) is 26.5. The fraction of sp³-hybridized carbons (Fsp3) is 0.308. The van der Waals surface area contributed by atoms with E-state index >= 15 is 0 Å². The highest BCUT2D eigenvalue weighted by molar-refractivity contribution is 5.94. The van der Waals surface area contributed by atoms with E-state index in [9.17, 15) is 9.59 Å². The van der Waals surface area contributed by atoms with Crippen molar-refractivity contribution in [2.75, 3.05) is 6.54 Å². The molecule has 0 aliphatic carbocycles. The number of hydrogen-bond donors (Lipinski definition) is 2. The molecule has 0 fully saturated rings. The predicted octanol–water partition coefficient (Wildman–Crippen LogP) is 1.78. The lowest BCUT2D eigenvalue weighted by molar-refractivity contribution is 0.0694. The van der Waals surface area contributed by atoms with Crippen LogP contribution in [0.25, 0.3) is 0 Å². The van der Waals surface area contributed by atoms with Gasteiger partial charge in [0, 0.05) is 6.54 Å². The molecule has 0 aliphatic rings. The highest BCUT2D eigenvalue weighted by Crippen LogP contribution is 2.06. The van der Waals surface area contributed by atoms with Crippen molar-refractivity contribution in [1.29, 1.82) is 0 Å². The molecule has 0 bridgehead atoms. The first-order chi connectivity index (χ1) is 8.41. The number of aryl methyl sites for hydroxylation is 1. The Kier molecular flexibility index (Phi) is 4.59. The summed E-state index contributed by atoms with van der Waals surface area (Å²) in [6.45, 7) is 5.88. The van der Waals surface area contributed by atoms with Gasteiger partial charge in [-0.3, -0.25) is 4.79 Å². The van der Waals surface area contributed by atoms with Gasteiger partial charge in [0.1, 0.15) is 5.69 Å². The highest BCUT2D eigenvalue weighted by Gasteiger charge is 2.12. The van der Waals surface area contributed by atoms with Crippen LogP contribution < -0.4 is 5.32 Å². The molecular formula is C13H16N2O3. The van der Waals surface area contributed by atoms with Crippen molar-refractivity contribution in [3.8, 4) is 0 Å². The molecule has 5 heteroatoms. The molecule has 1 aromatic heterocycles. The van der Waals surface area contributed by atoms with Crippen LogP contribution in [-0.4, -0.2) is 28.5 Å². The maximum absolute atomic E-state index is 11.7. The summed E-state index contributed by atoms with van der Waals surface area (Å²) < 4.78 is 0. The average Bonchev–Trinajstić information content (AvgIpc) is 2.27. The zero-order valence-corrected chi connectivity index (χ0v) is 10.7. The lowest BCUT2D eigenvalue weighted by atomic mass is 10.2. The quantitative estimate of drug-likeness (QED) is 0.796. The van der Waals surface area contributed by atoms with Gasteiger partial charge in [0.2, 0.25) is 0 Å². The first-order valence-corrected chi connectivity index (χ1v) is 5.54. The molecule has 0 saturated heterocycles. The van der Waals surface area contributed by atoms with Crippen LogP contribution in [0.4, 0.5) is 0 Å². The minimum Gasteiger partial charge on any atom is -0.478 e. The molecule has 0 spiro atoms. The van der Waals surface area contributed by atoms with E-state index in [1.807, 2.05) is 19.9 Å². The zero-order valence-electron chi connectivity index (χ0n) is 10.7. The molecule has 0 radical (unpaired) electrons. The van der Waals surface area contributed by atoms with Crippen LogP contribution in [0.3, 0.4) is 0 Å². The summed E-state index contributed by atoms with van der Waals surface area (Å²) in [6.07, 6.45) is 1.89. The number of allylic oxidation sites excluding steroid dienone is 1. The number of carbonyl (C=O) groups is 2. The lowest BCUT2D eigenvalue weighted by Gasteiger charge is -2.05. The molecule has 5 nitrogen and oxygen atoms in total. The summed E-state index contributed by atoms with van der Waals surface area (Å²) in [5.74, 6) is -1.36. The number of hydrogen-bond acceptors (Lipinski definition) is 3. The van der Waals surface area contributed by atoms with E-state index < -0.39 is 5.97 Å². The molecule has 96 valence electrons. The van der Waals surface area contributed by atoms with Crippen molar-refractivity contribution in [2.45, 2.75) is 20.8 Å². The number of aromatic carboxylic acids is 1. The van der Waals surface area contributed by atoms with E-state index in [1.54, 1.807) is 6.92 Å². The topological polar surface area (TPSA) is 79.3 Å². The molecule has 1 aromatic rings. The second-order valence-electron chi connectivity index (χ2n) is 4.13. The third kappa shape index (κ3) is 3.69. The number of nitrogens with one attached hydrogen (secondary N) is 1. The molecule has 2 N–H and O–H groups in total. The first kappa shape index (κ1) is 13.9. The minimum absolute atomic E-state index is 0.107. The Balaban J connectivity index is 2.79. The zero-order chi connectivity index (χ0) is 13.7. The Morgan fingerprint density at radius 1 is 1.39 bits per heavy atom. The molecule has 0 aliphatic heterocycles. The van der Waals surface area contributed by atoms with Gasteiger partial charge >= 0.3 is 5.97 Å². The van der Waals surface area contributed by atoms with E-state index in [1.165, 1.54) is 12.1 Å². The van der Waals surface area contributed by atoms with Crippen LogP contribution in [0.2, 0.25) is 0 Å². The Hall–Kier alpha value is -2.17. The summed E-state index contributed by atoms with van der Waals surface area (Å²) >= 11 is 0. The normalized spacial score (nSPS) is 9.72. The van der Waals surface area contributed by atoms with Gasteiger partial charge in [-0.25, -0.2) is 9.78 Å². The fourth-order valence-electron chi connectivity index (χ4n) is 1.35. The summed E-state index contributed by atoms with van der Waals surface area (Å²) in [6, 6.07) is 2.80. The smallest absolute Gasteiger partial charge is 0.337 e. The molecule has 0 unspecified atom stereocenters. The number of nitrogens with zero attached hydrogens (tertiary/aromatic N) is 1. The molecule has 1 amide bonds. The van der Waals surface area contributed by atoms with Crippen molar-refractivity contribution in [1.82, 2.24) is 10.3 Å². The number of carbonyl (C=O) groups excluding carboxylic acids is 1. The number of amides is 1. The van der Waals surface area contributed by atoms with Crippen molar-refractivity contribution >= 4 is 11.9 Å². The van der Waals surface area contributed by atoms with Crippen LogP contribution >= 0.6 is 0 Å². The Bertz CT molecular complexity index is 503. The second kappa shape index (κ2) is 5.95. The van der Waals surface area contributed by atoms with Crippen molar-refractivity contribution in [3.63, 3.8) is 0 Å². The monoisotopic (exact) mass is 248 g/mol. The molecule has 0 aromatic carbocycles. The van der Waals surface area contributed by atoms with E-state index in [0.29, 0.717) is 12.2 Å². The van der Waals surface area contributed by atoms with Crippen LogP contribution in [0.1, 0.15) is 40.4 Å². The third-order valence-electron chi connectivity index (χ3n) is 2.32. The van der Waals surface area contributed by atoms with Gasteiger partial charge in [-0.1, -0.05) is 11.6 Å². The van der Waals surface area contributed by atoms with Crippen molar-refractivity contribution in [2.24, 2.45) is 0 Å². The molecule has 18 heavy (non-hydrogen) atoms. The second-order valence-corrected chi connectivity index (χ2v) is 4.13. The SMILES string of the molecule is CC(C)=CCNC(=O)c1ccc(C(=O)O)c(C)n1. The molecule has 0 saturated carbocycles. The molecule has 0 atom stereocenters. The number of carboxylic acid groups (broad SMARTS) is 1. The Morgan fingerprint density at radius 3 is 2.56 bits per heavy atom. The average molecular weight is 248 g/mol. The highest BCUT2D eigenvalue weighted by atomic mass is 16.4. The standard InChI is InChI=1S/C13H16N2O3/c1-8(2)6-7-14-12(16)11-5-4-10(13(17)18)9(3)15-11/h4-6H,7H2,1-3H3,(H,14,16)(H,17,18). The van der Waals surface area contributed by atoms with Gasteiger partial charge < -0.3 is 10.4 Å². The fourth-order valence-corrected chi connectivity index (χ4v) is 1.35. The molecule has 1 heterocycles. The van der Waals surface area contributed by atoms with Crippen molar-refractivity contribution in [3.05, 3.63) is 40.7 Å². The van der Waals surface area contributed by atoms with Crippen LogP contribution in [0, 0.1) is 6.92 Å². The van der Waals surface area contributed by atoms with E-state index in [0.717, 1.165) is 5.57 Å². The number of rotatable bonds is 4. The summed E-state index contributed by atoms with van der Waals surface area (Å²) in [7, 11) is 0. The van der Waals surface area contributed by atoms with Gasteiger partial charge in [0.05, 0.1) is 11.3 Å². The largest absolute Gasteiger partial charge is 0.478 e. The number of pyridine rings is 1. The molecular weight excluding hydrogens is 232 g/mol. The Labute approximate surface area is 106 Å². The van der Waals surface area contributed by atoms with E-state index in [4.69, 9.17) is 5.11 Å². The van der Waals surface area contributed by atoms with Crippen LogP contribution in [0.5, 0.6) is 0 Å². The summed E-state index contributed by atoms with van der Waals surface area (Å²) in [5.41, 5.74) is 1.77. The van der Waals surface area contributed by atoms with Gasteiger partial charge in [0.15, 0.2) is 0 Å². The predicted molar refractivity (Wildman–Crippen MR) is 67.7 cm³/mol. The first-order valence-electron chi connectivity index (χ1n) is 5.54. The van der Waals surface area contributed by atoms with E-state index in [-0.39, 0.29) is 17.2 Å². The third-order valence-corrected chi connectivity index (χ3v) is 2.32. The van der Waals surface area contributed by atoms with Gasteiger partial charge in [-0.05, 0) is 32.9 Å². The maximum Gasteiger partial charge on any atom is 0.337 e. The van der Waals surface area contributed by atoms with Gasteiger partial charge in [-0.15, -0.1) is 0 Å². The van der Waals surface area contributed by atoms with Crippen molar-refractivity contribution < 1.29 is 14.7 Å². The van der Waals surface area contributed by atoms with E-state index in [2.05, 4.69) is 10.3 Å². The number of carboxylic acids is 1. The van der Waals surface area contributed by atoms with Crippen LogP contribution in [0.15, 0.2) is 23.8 Å². The molecule has 1 rings (SSSR count). The van der Waals surface area contributed by atoms with Crippen LogP contribution in [-0.2, 0) is 0 Å². The number of aromatic nitrogens is 1. The Morgan fingerprint density at radius 2 is 2.06 bits per heavy atom. The van der Waals surface area contributed by atoms with Gasteiger partial charge in [0.25, 0.3) is 5.91 Å².